The van der Waals surface area contributed by atoms with Crippen LogP contribution in [0, 0.1) is 11.9 Å². The molecule has 35 heavy (non-hydrogen) atoms. The standard InChI is InChI=1S/C21H19F6N5O2S/c1-19(14-5-20(14,8-22)35-18(28)32-19)12-4-10(6-30-15(12)23)31-16(33)13-3-2-11(7-29-13)34-9-21(26,27)17(24)25/h2-4,6-7,14,17H,5,8-9H2,1H3,(H2,28,32)(H,31,33)/t14?,19-,20-/m1/s1. The summed E-state index contributed by atoms with van der Waals surface area (Å²) in [5, 5.41) is 2.62. The Kier molecular flexibility index (Phi) is 6.36. The molecule has 1 fully saturated rings. The number of alkyl halides is 5. The fraction of sp³-hybridized carbons (Fsp3) is 0.429. The van der Waals surface area contributed by atoms with Gasteiger partial charge < -0.3 is 15.8 Å². The molecule has 1 amide bonds. The second-order valence-corrected chi connectivity index (χ2v) is 9.84. The largest absolute Gasteiger partial charge is 0.485 e. The third kappa shape index (κ3) is 4.75. The molecule has 7 nitrogen and oxygen atoms in total. The van der Waals surface area contributed by atoms with Gasteiger partial charge in [-0.1, -0.05) is 11.8 Å². The highest BCUT2D eigenvalue weighted by Crippen LogP contribution is 2.66. The smallest absolute Gasteiger partial charge is 0.340 e. The third-order valence-corrected chi connectivity index (χ3v) is 7.21. The molecule has 0 radical (unpaired) electrons. The minimum atomic E-state index is -4.34. The lowest BCUT2D eigenvalue weighted by Gasteiger charge is -2.33. The summed E-state index contributed by atoms with van der Waals surface area (Å²) in [6, 6.07) is 3.57. The Morgan fingerprint density at radius 3 is 2.71 bits per heavy atom. The average molecular weight is 519 g/mol. The zero-order valence-corrected chi connectivity index (χ0v) is 18.9. The van der Waals surface area contributed by atoms with Gasteiger partial charge in [-0.2, -0.15) is 13.2 Å². The fourth-order valence-electron chi connectivity index (χ4n) is 3.98. The summed E-state index contributed by atoms with van der Waals surface area (Å²) in [4.78, 5) is 24.4. The van der Waals surface area contributed by atoms with Crippen molar-refractivity contribution in [3.05, 3.63) is 47.8 Å². The van der Waals surface area contributed by atoms with Gasteiger partial charge in [0.05, 0.1) is 28.4 Å². The summed E-state index contributed by atoms with van der Waals surface area (Å²) in [6.45, 7) is -0.577. The molecular formula is C21H19F6N5O2S. The Morgan fingerprint density at radius 1 is 1.34 bits per heavy atom. The first kappa shape index (κ1) is 25.1. The molecule has 0 bridgehead atoms. The number of hydrogen-bond acceptors (Lipinski definition) is 7. The number of pyridine rings is 2. The number of aromatic nitrogens is 2. The van der Waals surface area contributed by atoms with Gasteiger partial charge in [0.15, 0.2) is 11.8 Å². The molecule has 1 aliphatic carbocycles. The van der Waals surface area contributed by atoms with Gasteiger partial charge in [0.1, 0.15) is 18.1 Å². The second kappa shape index (κ2) is 8.88. The van der Waals surface area contributed by atoms with Crippen LogP contribution in [0.25, 0.3) is 0 Å². The van der Waals surface area contributed by atoms with Gasteiger partial charge >= 0.3 is 12.3 Å². The van der Waals surface area contributed by atoms with Crippen LogP contribution in [0.1, 0.15) is 29.4 Å². The van der Waals surface area contributed by atoms with Gasteiger partial charge in [0.2, 0.25) is 5.95 Å². The molecule has 1 unspecified atom stereocenters. The van der Waals surface area contributed by atoms with Crippen molar-refractivity contribution in [1.82, 2.24) is 9.97 Å². The van der Waals surface area contributed by atoms with E-state index in [1.54, 1.807) is 6.92 Å². The Hall–Kier alpha value is -3.03. The van der Waals surface area contributed by atoms with Gasteiger partial charge in [-0.05, 0) is 31.5 Å². The van der Waals surface area contributed by atoms with E-state index in [9.17, 15) is 31.1 Å². The number of halogens is 6. The number of nitrogens with one attached hydrogen (secondary N) is 1. The first-order chi connectivity index (χ1) is 16.4. The highest BCUT2D eigenvalue weighted by atomic mass is 32.2. The number of carbonyl (C=O) groups excluding carboxylic acids is 1. The molecule has 2 aromatic rings. The van der Waals surface area contributed by atoms with Crippen LogP contribution < -0.4 is 15.8 Å². The monoisotopic (exact) mass is 519 g/mol. The van der Waals surface area contributed by atoms with Crippen molar-refractivity contribution in [3.63, 3.8) is 0 Å². The molecule has 3 N–H and O–H groups in total. The van der Waals surface area contributed by atoms with Gasteiger partial charge in [-0.15, -0.1) is 0 Å². The van der Waals surface area contributed by atoms with Crippen LogP contribution >= 0.6 is 11.8 Å². The maximum atomic E-state index is 14.7. The number of fused-ring (bicyclic) bond motifs is 1. The Bertz CT molecular complexity index is 1170. The summed E-state index contributed by atoms with van der Waals surface area (Å²) in [5.41, 5.74) is 4.67. The van der Waals surface area contributed by atoms with E-state index in [-0.39, 0.29) is 33.8 Å². The number of anilines is 1. The quantitative estimate of drug-likeness (QED) is 0.401. The number of rotatable bonds is 8. The summed E-state index contributed by atoms with van der Waals surface area (Å²) >= 11 is 1.13. The van der Waals surface area contributed by atoms with Crippen molar-refractivity contribution in [2.45, 2.75) is 36.0 Å². The fourth-order valence-corrected chi connectivity index (χ4v) is 5.31. The van der Waals surface area contributed by atoms with Gasteiger partial charge in [-0.3, -0.25) is 9.79 Å². The SMILES string of the molecule is C[C@]1(c2cc(NC(=O)c3ccc(OCC(F)(F)C(F)F)cn3)cnc2F)N=C(N)S[C@@]2(CF)CC21. The molecule has 2 aromatic heterocycles. The van der Waals surface area contributed by atoms with Crippen molar-refractivity contribution in [2.75, 3.05) is 18.6 Å². The van der Waals surface area contributed by atoms with Crippen LogP contribution in [0.2, 0.25) is 0 Å². The van der Waals surface area contributed by atoms with Gasteiger partial charge in [0, 0.05) is 11.5 Å². The summed E-state index contributed by atoms with van der Waals surface area (Å²) in [5.74, 6) is -6.48. The minimum Gasteiger partial charge on any atom is -0.485 e. The van der Waals surface area contributed by atoms with E-state index >= 15 is 0 Å². The van der Waals surface area contributed by atoms with Crippen molar-refractivity contribution < 1.29 is 35.9 Å². The van der Waals surface area contributed by atoms with Crippen LogP contribution in [0.3, 0.4) is 0 Å². The topological polar surface area (TPSA) is 102 Å². The maximum Gasteiger partial charge on any atom is 0.340 e. The van der Waals surface area contributed by atoms with Crippen molar-refractivity contribution in [2.24, 2.45) is 16.6 Å². The van der Waals surface area contributed by atoms with E-state index in [1.807, 2.05) is 0 Å². The summed E-state index contributed by atoms with van der Waals surface area (Å²) in [7, 11) is 0. The van der Waals surface area contributed by atoms with E-state index < -0.39 is 47.8 Å². The lowest BCUT2D eigenvalue weighted by atomic mass is 9.86. The first-order valence-corrected chi connectivity index (χ1v) is 11.0. The highest BCUT2D eigenvalue weighted by Gasteiger charge is 2.67. The number of nitrogens with zero attached hydrogens (tertiary/aromatic N) is 3. The molecule has 4 rings (SSSR count). The van der Waals surface area contributed by atoms with Crippen molar-refractivity contribution in [1.29, 1.82) is 0 Å². The molecule has 3 atom stereocenters. The minimum absolute atomic E-state index is 0.0375. The van der Waals surface area contributed by atoms with Crippen LogP contribution in [0.5, 0.6) is 5.75 Å². The summed E-state index contributed by atoms with van der Waals surface area (Å²) < 4.78 is 82.6. The predicted molar refractivity (Wildman–Crippen MR) is 116 cm³/mol. The third-order valence-electron chi connectivity index (χ3n) is 5.94. The molecule has 1 saturated carbocycles. The number of thioether (sulfide) groups is 1. The van der Waals surface area contributed by atoms with E-state index in [4.69, 9.17) is 5.73 Å². The number of nitrogens with two attached hydrogens (primary N) is 1. The lowest BCUT2D eigenvalue weighted by molar-refractivity contribution is -0.148. The van der Waals surface area contributed by atoms with Gasteiger partial charge in [-0.25, -0.2) is 23.1 Å². The molecule has 0 saturated heterocycles. The molecule has 0 aromatic carbocycles. The van der Waals surface area contributed by atoms with Crippen LogP contribution in [0.15, 0.2) is 35.6 Å². The van der Waals surface area contributed by atoms with E-state index in [1.165, 1.54) is 6.07 Å². The van der Waals surface area contributed by atoms with Crippen molar-refractivity contribution >= 4 is 28.5 Å². The number of hydrogen-bond donors (Lipinski definition) is 2. The number of amides is 1. The van der Waals surface area contributed by atoms with E-state index in [0.717, 1.165) is 36.3 Å². The average Bonchev–Trinajstić information content (AvgIpc) is 3.55. The second-order valence-electron chi connectivity index (χ2n) is 8.40. The number of amidine groups is 1. The molecule has 2 aliphatic rings. The zero-order chi connectivity index (χ0) is 25.6. The normalized spacial score (nSPS) is 25.6. The zero-order valence-electron chi connectivity index (χ0n) is 18.1. The molecular weight excluding hydrogens is 500 g/mol. The number of carbonyl (C=O) groups is 1. The Balaban J connectivity index is 1.48. The van der Waals surface area contributed by atoms with Crippen LogP contribution in [-0.4, -0.2) is 51.4 Å². The number of ether oxygens (including phenoxy) is 1. The van der Waals surface area contributed by atoms with Crippen LogP contribution in [-0.2, 0) is 5.54 Å². The predicted octanol–water partition coefficient (Wildman–Crippen LogP) is 4.15. The van der Waals surface area contributed by atoms with Gasteiger partial charge in [0.25, 0.3) is 5.91 Å². The molecule has 14 heteroatoms. The molecule has 188 valence electrons. The molecule has 3 heterocycles. The first-order valence-electron chi connectivity index (χ1n) is 10.2. The summed E-state index contributed by atoms with van der Waals surface area (Å²) in [6.07, 6.45) is -1.44. The Morgan fingerprint density at radius 2 is 2.09 bits per heavy atom. The van der Waals surface area contributed by atoms with Crippen LogP contribution in [0.4, 0.5) is 32.0 Å². The van der Waals surface area contributed by atoms with Crippen molar-refractivity contribution in [3.8, 4) is 5.75 Å². The van der Waals surface area contributed by atoms with E-state index in [2.05, 4.69) is 25.0 Å². The maximum absolute atomic E-state index is 14.7. The highest BCUT2D eigenvalue weighted by molar-refractivity contribution is 8.15. The Labute approximate surface area is 199 Å². The van der Waals surface area contributed by atoms with E-state index in [0.29, 0.717) is 6.42 Å². The molecule has 1 aliphatic heterocycles. The molecule has 0 spiro atoms. The lowest BCUT2D eigenvalue weighted by Crippen LogP contribution is -2.37. The number of aliphatic imine (C=N–C) groups is 1.